The third-order valence-corrected chi connectivity index (χ3v) is 4.70. The first-order chi connectivity index (χ1) is 12.2. The SMILES string of the molecule is CCNC(=NCc1ncccc1C)N1CCC(Cc2cnn(C)c2)C1.I. The second-order valence-corrected chi connectivity index (χ2v) is 6.76. The van der Waals surface area contributed by atoms with Gasteiger partial charge in [-0.25, -0.2) is 4.99 Å². The van der Waals surface area contributed by atoms with E-state index in [1.807, 2.05) is 30.2 Å². The number of aliphatic imine (C=N–C) groups is 1. The summed E-state index contributed by atoms with van der Waals surface area (Å²) < 4.78 is 1.88. The number of likely N-dealkylation sites (tertiary alicyclic amines) is 1. The number of pyridine rings is 1. The average Bonchev–Trinajstić information content (AvgIpc) is 3.22. The van der Waals surface area contributed by atoms with Crippen LogP contribution in [0.2, 0.25) is 0 Å². The monoisotopic (exact) mass is 468 g/mol. The first-order valence-corrected chi connectivity index (χ1v) is 9.07. The smallest absolute Gasteiger partial charge is 0.194 e. The standard InChI is InChI=1S/C19H28N6.HI/c1-4-20-19(22-12-18-15(2)6-5-8-21-18)25-9-7-16(14-25)10-17-11-23-24(3)13-17;/h5-6,8,11,13,16H,4,7,9-10,12,14H2,1-3H3,(H,20,22);1H. The summed E-state index contributed by atoms with van der Waals surface area (Å²) in [5, 5.41) is 7.71. The third-order valence-electron chi connectivity index (χ3n) is 4.70. The molecule has 0 spiro atoms. The van der Waals surface area contributed by atoms with E-state index in [1.165, 1.54) is 17.5 Å². The van der Waals surface area contributed by atoms with E-state index in [4.69, 9.17) is 4.99 Å². The van der Waals surface area contributed by atoms with Gasteiger partial charge in [0, 0.05) is 39.1 Å². The fourth-order valence-corrected chi connectivity index (χ4v) is 3.36. The zero-order valence-corrected chi connectivity index (χ0v) is 18.2. The highest BCUT2D eigenvalue weighted by molar-refractivity contribution is 14.0. The Labute approximate surface area is 173 Å². The normalized spacial score (nSPS) is 17.3. The van der Waals surface area contributed by atoms with Crippen molar-refractivity contribution in [1.29, 1.82) is 0 Å². The molecular formula is C19H29IN6. The van der Waals surface area contributed by atoms with Gasteiger partial charge in [-0.05, 0) is 49.8 Å². The lowest BCUT2D eigenvalue weighted by molar-refractivity contribution is 0.459. The van der Waals surface area contributed by atoms with E-state index in [9.17, 15) is 0 Å². The van der Waals surface area contributed by atoms with Crippen molar-refractivity contribution in [2.24, 2.45) is 18.0 Å². The Morgan fingerprint density at radius 3 is 2.96 bits per heavy atom. The van der Waals surface area contributed by atoms with Crippen LogP contribution in [0.15, 0.2) is 35.7 Å². The number of aryl methyl sites for hydroxylation is 2. The maximum Gasteiger partial charge on any atom is 0.194 e. The van der Waals surface area contributed by atoms with Crippen molar-refractivity contribution in [1.82, 2.24) is 25.0 Å². The van der Waals surface area contributed by atoms with E-state index in [-0.39, 0.29) is 24.0 Å². The van der Waals surface area contributed by atoms with Crippen molar-refractivity contribution in [3.05, 3.63) is 47.5 Å². The summed E-state index contributed by atoms with van der Waals surface area (Å²) in [4.78, 5) is 11.6. The predicted octanol–water partition coefficient (Wildman–Crippen LogP) is 2.77. The zero-order valence-electron chi connectivity index (χ0n) is 15.9. The van der Waals surface area contributed by atoms with Crippen molar-refractivity contribution in [3.8, 4) is 0 Å². The molecule has 0 aromatic carbocycles. The predicted molar refractivity (Wildman–Crippen MR) is 116 cm³/mol. The minimum absolute atomic E-state index is 0. The number of nitrogens with one attached hydrogen (secondary N) is 1. The number of hydrogen-bond donors (Lipinski definition) is 1. The van der Waals surface area contributed by atoms with Gasteiger partial charge in [-0.3, -0.25) is 9.67 Å². The molecule has 1 unspecified atom stereocenters. The number of guanidine groups is 1. The summed E-state index contributed by atoms with van der Waals surface area (Å²) in [5.41, 5.74) is 3.56. The van der Waals surface area contributed by atoms with Gasteiger partial charge in [0.1, 0.15) is 0 Å². The Kier molecular flexibility index (Phi) is 7.86. The Bertz CT molecular complexity index is 726. The van der Waals surface area contributed by atoms with E-state index >= 15 is 0 Å². The van der Waals surface area contributed by atoms with Crippen LogP contribution in [-0.4, -0.2) is 45.3 Å². The van der Waals surface area contributed by atoms with Crippen molar-refractivity contribution in [2.45, 2.75) is 33.2 Å². The van der Waals surface area contributed by atoms with Crippen molar-refractivity contribution >= 4 is 29.9 Å². The Balaban J connectivity index is 0.00000243. The van der Waals surface area contributed by atoms with Gasteiger partial charge in [0.05, 0.1) is 18.4 Å². The van der Waals surface area contributed by atoms with E-state index in [0.717, 1.165) is 37.7 Å². The van der Waals surface area contributed by atoms with Crippen LogP contribution in [0.25, 0.3) is 0 Å². The largest absolute Gasteiger partial charge is 0.357 e. The van der Waals surface area contributed by atoms with Gasteiger partial charge in [0.2, 0.25) is 0 Å². The molecule has 1 fully saturated rings. The first-order valence-electron chi connectivity index (χ1n) is 9.07. The van der Waals surface area contributed by atoms with Gasteiger partial charge in [0.25, 0.3) is 0 Å². The minimum atomic E-state index is 0. The molecule has 2 aromatic heterocycles. The van der Waals surface area contributed by atoms with Crippen molar-refractivity contribution < 1.29 is 0 Å². The molecule has 142 valence electrons. The zero-order chi connectivity index (χ0) is 17.6. The first kappa shape index (κ1) is 20.7. The van der Waals surface area contributed by atoms with E-state index in [1.54, 1.807) is 0 Å². The van der Waals surface area contributed by atoms with E-state index in [0.29, 0.717) is 12.5 Å². The molecule has 1 atom stereocenters. The third kappa shape index (κ3) is 5.43. The lowest BCUT2D eigenvalue weighted by Gasteiger charge is -2.21. The number of nitrogens with zero attached hydrogens (tertiary/aromatic N) is 5. The molecule has 1 aliphatic rings. The molecule has 3 heterocycles. The molecule has 0 aliphatic carbocycles. The summed E-state index contributed by atoms with van der Waals surface area (Å²) in [6, 6.07) is 4.06. The van der Waals surface area contributed by atoms with Gasteiger partial charge in [-0.2, -0.15) is 5.10 Å². The highest BCUT2D eigenvalue weighted by Gasteiger charge is 2.25. The van der Waals surface area contributed by atoms with Gasteiger partial charge in [-0.15, -0.1) is 24.0 Å². The van der Waals surface area contributed by atoms with Crippen molar-refractivity contribution in [2.75, 3.05) is 19.6 Å². The Morgan fingerprint density at radius 2 is 2.27 bits per heavy atom. The van der Waals surface area contributed by atoms with Crippen LogP contribution in [0.4, 0.5) is 0 Å². The van der Waals surface area contributed by atoms with Crippen LogP contribution in [0.3, 0.4) is 0 Å². The quantitative estimate of drug-likeness (QED) is 0.417. The maximum absolute atomic E-state index is 4.82. The minimum Gasteiger partial charge on any atom is -0.357 e. The molecule has 0 amide bonds. The van der Waals surface area contributed by atoms with Crippen LogP contribution in [0.5, 0.6) is 0 Å². The van der Waals surface area contributed by atoms with Gasteiger partial charge in [-0.1, -0.05) is 6.07 Å². The highest BCUT2D eigenvalue weighted by atomic mass is 127. The van der Waals surface area contributed by atoms with Crippen LogP contribution in [0.1, 0.15) is 30.2 Å². The van der Waals surface area contributed by atoms with Crippen LogP contribution < -0.4 is 5.32 Å². The number of rotatable bonds is 5. The molecule has 1 saturated heterocycles. The van der Waals surface area contributed by atoms with Gasteiger partial charge in [0.15, 0.2) is 5.96 Å². The molecule has 6 nitrogen and oxygen atoms in total. The number of aromatic nitrogens is 3. The van der Waals surface area contributed by atoms with Gasteiger partial charge >= 0.3 is 0 Å². The summed E-state index contributed by atoms with van der Waals surface area (Å²) in [6.07, 6.45) is 8.22. The molecule has 26 heavy (non-hydrogen) atoms. The topological polar surface area (TPSA) is 58.3 Å². The summed E-state index contributed by atoms with van der Waals surface area (Å²) in [5.74, 6) is 1.66. The molecule has 2 aromatic rings. The fraction of sp³-hybridized carbons (Fsp3) is 0.526. The molecular weight excluding hydrogens is 439 g/mol. The molecule has 0 saturated carbocycles. The Morgan fingerprint density at radius 1 is 1.42 bits per heavy atom. The van der Waals surface area contributed by atoms with Gasteiger partial charge < -0.3 is 10.2 Å². The summed E-state index contributed by atoms with van der Waals surface area (Å²) in [6.45, 7) is 7.80. The second kappa shape index (κ2) is 9.89. The van der Waals surface area contributed by atoms with Crippen molar-refractivity contribution in [3.63, 3.8) is 0 Å². The molecule has 1 aliphatic heterocycles. The molecule has 3 rings (SSSR count). The average molecular weight is 468 g/mol. The molecule has 0 radical (unpaired) electrons. The van der Waals surface area contributed by atoms with Crippen LogP contribution in [-0.2, 0) is 20.0 Å². The number of halogens is 1. The van der Waals surface area contributed by atoms with Crippen LogP contribution >= 0.6 is 24.0 Å². The lowest BCUT2D eigenvalue weighted by atomic mass is 10.0. The maximum atomic E-state index is 4.82. The molecule has 0 bridgehead atoms. The summed E-state index contributed by atoms with van der Waals surface area (Å²) in [7, 11) is 1.97. The molecule has 1 N–H and O–H groups in total. The summed E-state index contributed by atoms with van der Waals surface area (Å²) >= 11 is 0. The fourth-order valence-electron chi connectivity index (χ4n) is 3.36. The lowest BCUT2D eigenvalue weighted by Crippen LogP contribution is -2.40. The number of hydrogen-bond acceptors (Lipinski definition) is 3. The highest BCUT2D eigenvalue weighted by Crippen LogP contribution is 2.21. The second-order valence-electron chi connectivity index (χ2n) is 6.76. The van der Waals surface area contributed by atoms with Crippen LogP contribution in [0, 0.1) is 12.8 Å². The van der Waals surface area contributed by atoms with E-state index in [2.05, 4.69) is 46.4 Å². The van der Waals surface area contributed by atoms with E-state index < -0.39 is 0 Å². The molecule has 7 heteroatoms. The Hall–Kier alpha value is -1.64.